The van der Waals surface area contributed by atoms with E-state index in [1.54, 1.807) is 42.5 Å². The molecule has 0 radical (unpaired) electrons. The van der Waals surface area contributed by atoms with E-state index in [4.69, 9.17) is 11.6 Å². The van der Waals surface area contributed by atoms with Crippen molar-refractivity contribution in [2.24, 2.45) is 0 Å². The zero-order chi connectivity index (χ0) is 19.0. The molecule has 0 saturated carbocycles. The van der Waals surface area contributed by atoms with Crippen LogP contribution in [0.3, 0.4) is 0 Å². The fourth-order valence-corrected chi connectivity index (χ4v) is 3.80. The summed E-state index contributed by atoms with van der Waals surface area (Å²) in [4.78, 5) is 24.9. The minimum absolute atomic E-state index is 0.216. The average molecular weight is 398 g/mol. The molecule has 6 nitrogen and oxygen atoms in total. The molecule has 0 fully saturated rings. The monoisotopic (exact) mass is 397 g/mol. The van der Waals surface area contributed by atoms with E-state index in [0.717, 1.165) is 5.56 Å². The van der Waals surface area contributed by atoms with E-state index in [2.05, 4.69) is 14.9 Å². The topological polar surface area (TPSA) is 73.6 Å². The molecule has 0 aliphatic carbocycles. The van der Waals surface area contributed by atoms with Gasteiger partial charge in [0.15, 0.2) is 5.82 Å². The van der Waals surface area contributed by atoms with Gasteiger partial charge < -0.3 is 4.74 Å². The van der Waals surface area contributed by atoms with Crippen LogP contribution in [-0.4, -0.2) is 27.7 Å². The summed E-state index contributed by atoms with van der Waals surface area (Å²) in [6, 6.07) is 14.0. The van der Waals surface area contributed by atoms with Gasteiger partial charge in [0.25, 0.3) is 5.56 Å². The van der Waals surface area contributed by atoms with E-state index in [0.29, 0.717) is 31.5 Å². The highest BCUT2D eigenvalue weighted by molar-refractivity contribution is 7.15. The maximum Gasteiger partial charge on any atom is 0.337 e. The van der Waals surface area contributed by atoms with Crippen LogP contribution in [0, 0.1) is 0 Å². The molecule has 2 aromatic heterocycles. The first kappa shape index (κ1) is 17.4. The average Bonchev–Trinajstić information content (AvgIpc) is 3.23. The Kier molecular flexibility index (Phi) is 4.47. The summed E-state index contributed by atoms with van der Waals surface area (Å²) in [6.07, 6.45) is 1.75. The Balaban J connectivity index is 1.81. The molecule has 0 N–H and O–H groups in total. The molecule has 0 bridgehead atoms. The van der Waals surface area contributed by atoms with Crippen molar-refractivity contribution < 1.29 is 9.53 Å². The number of benzene rings is 2. The van der Waals surface area contributed by atoms with Crippen molar-refractivity contribution in [2.75, 3.05) is 7.11 Å². The summed E-state index contributed by atoms with van der Waals surface area (Å²) in [5.74, 6) is 0.00801. The molecule has 2 aromatic carbocycles. The fraction of sp³-hybridized carbons (Fsp3) is 0.0526. The minimum Gasteiger partial charge on any atom is -0.465 e. The number of carbonyl (C=O) groups excluding carboxylic acids is 1. The second-order valence-corrected chi connectivity index (χ2v) is 7.07. The molecule has 0 aliphatic rings. The molecule has 8 heteroatoms. The fourth-order valence-electron chi connectivity index (χ4n) is 2.66. The molecule has 0 spiro atoms. The summed E-state index contributed by atoms with van der Waals surface area (Å²) in [7, 11) is 1.33. The Hall–Kier alpha value is -3.03. The Morgan fingerprint density at radius 3 is 2.59 bits per heavy atom. The van der Waals surface area contributed by atoms with Gasteiger partial charge in [0, 0.05) is 5.56 Å². The van der Waals surface area contributed by atoms with Crippen LogP contribution in [0.2, 0.25) is 5.02 Å². The molecule has 0 amide bonds. The summed E-state index contributed by atoms with van der Waals surface area (Å²) in [5, 5.41) is 8.71. The number of halogens is 1. The van der Waals surface area contributed by atoms with Gasteiger partial charge >= 0.3 is 5.97 Å². The maximum absolute atomic E-state index is 12.9. The Bertz CT molecular complexity index is 1260. The number of hydrogen-bond donors (Lipinski definition) is 0. The first-order valence-electron chi connectivity index (χ1n) is 7.91. The summed E-state index contributed by atoms with van der Waals surface area (Å²) >= 11 is 7.47. The van der Waals surface area contributed by atoms with Crippen molar-refractivity contribution in [1.29, 1.82) is 0 Å². The lowest BCUT2D eigenvalue weighted by Gasteiger charge is -1.99. The van der Waals surface area contributed by atoms with Crippen molar-refractivity contribution in [2.45, 2.75) is 0 Å². The van der Waals surface area contributed by atoms with Crippen LogP contribution in [0.15, 0.2) is 53.3 Å². The van der Waals surface area contributed by atoms with Crippen molar-refractivity contribution in [1.82, 2.24) is 14.6 Å². The zero-order valence-electron chi connectivity index (χ0n) is 14.0. The van der Waals surface area contributed by atoms with E-state index >= 15 is 0 Å². The van der Waals surface area contributed by atoms with E-state index in [-0.39, 0.29) is 5.56 Å². The van der Waals surface area contributed by atoms with Gasteiger partial charge in [-0.05, 0) is 35.9 Å². The summed E-state index contributed by atoms with van der Waals surface area (Å²) in [6.45, 7) is 0. The van der Waals surface area contributed by atoms with Crippen LogP contribution in [-0.2, 0) is 4.74 Å². The predicted octanol–water partition coefficient (Wildman–Crippen LogP) is 2.81. The summed E-state index contributed by atoms with van der Waals surface area (Å²) < 4.78 is 6.65. The predicted molar refractivity (Wildman–Crippen MR) is 104 cm³/mol. The van der Waals surface area contributed by atoms with E-state index in [1.807, 2.05) is 12.1 Å². The van der Waals surface area contributed by atoms with Gasteiger partial charge in [-0.2, -0.15) is 0 Å². The molecule has 4 rings (SSSR count). The number of aromatic nitrogens is 3. The molecule has 0 unspecified atom stereocenters. The van der Waals surface area contributed by atoms with Gasteiger partial charge in [0.1, 0.15) is 0 Å². The number of thiazole rings is 1. The highest BCUT2D eigenvalue weighted by atomic mass is 35.5. The molecule has 4 aromatic rings. The Labute approximate surface area is 162 Å². The SMILES string of the molecule is COC(=O)c1ccc(/C=c2\sc3nnc(-c4ccccc4Cl)n3c2=O)cc1. The lowest BCUT2D eigenvalue weighted by atomic mass is 10.1. The molecule has 0 aliphatic heterocycles. The lowest BCUT2D eigenvalue weighted by molar-refractivity contribution is 0.0600. The van der Waals surface area contributed by atoms with Crippen molar-refractivity contribution in [3.05, 3.63) is 79.6 Å². The molecular formula is C19H12ClN3O3S. The van der Waals surface area contributed by atoms with Crippen LogP contribution >= 0.6 is 22.9 Å². The van der Waals surface area contributed by atoms with Gasteiger partial charge in [-0.1, -0.05) is 47.2 Å². The largest absolute Gasteiger partial charge is 0.465 e. The molecular weight excluding hydrogens is 386 g/mol. The standard InChI is InChI=1S/C19H12ClN3O3S/c1-26-18(25)12-8-6-11(7-9-12)10-15-17(24)23-16(21-22-19(23)27-15)13-4-2-3-5-14(13)20/h2-10H,1H3/b15-10-. The quantitative estimate of drug-likeness (QED) is 0.497. The first-order valence-corrected chi connectivity index (χ1v) is 9.11. The normalized spacial score (nSPS) is 11.9. The van der Waals surface area contributed by atoms with Crippen molar-refractivity contribution in [3.8, 4) is 11.4 Å². The van der Waals surface area contributed by atoms with Gasteiger partial charge in [-0.25, -0.2) is 9.20 Å². The lowest BCUT2D eigenvalue weighted by Crippen LogP contribution is -2.23. The molecule has 134 valence electrons. The first-order chi connectivity index (χ1) is 13.1. The number of ether oxygens (including phenoxy) is 1. The Morgan fingerprint density at radius 2 is 1.89 bits per heavy atom. The zero-order valence-corrected chi connectivity index (χ0v) is 15.6. The highest BCUT2D eigenvalue weighted by Crippen LogP contribution is 2.25. The van der Waals surface area contributed by atoms with Gasteiger partial charge in [-0.15, -0.1) is 10.2 Å². The minimum atomic E-state index is -0.406. The van der Waals surface area contributed by atoms with Crippen LogP contribution in [0.1, 0.15) is 15.9 Å². The smallest absolute Gasteiger partial charge is 0.337 e. The second kappa shape index (κ2) is 6.94. The van der Waals surface area contributed by atoms with Gasteiger partial charge in [-0.3, -0.25) is 4.79 Å². The van der Waals surface area contributed by atoms with E-state index < -0.39 is 5.97 Å². The number of esters is 1. The van der Waals surface area contributed by atoms with Gasteiger partial charge in [0.05, 0.1) is 22.2 Å². The molecule has 2 heterocycles. The molecule has 27 heavy (non-hydrogen) atoms. The van der Waals surface area contributed by atoms with Crippen molar-refractivity contribution in [3.63, 3.8) is 0 Å². The van der Waals surface area contributed by atoms with E-state index in [1.165, 1.54) is 22.8 Å². The third-order valence-electron chi connectivity index (χ3n) is 3.99. The number of carbonyl (C=O) groups is 1. The Morgan fingerprint density at radius 1 is 1.15 bits per heavy atom. The van der Waals surface area contributed by atoms with Crippen LogP contribution in [0.5, 0.6) is 0 Å². The van der Waals surface area contributed by atoms with Crippen molar-refractivity contribution >= 4 is 39.9 Å². The highest BCUT2D eigenvalue weighted by Gasteiger charge is 2.16. The number of nitrogens with zero attached hydrogens (tertiary/aromatic N) is 3. The molecule has 0 atom stereocenters. The van der Waals surface area contributed by atoms with Gasteiger partial charge in [0.2, 0.25) is 4.96 Å². The number of hydrogen-bond acceptors (Lipinski definition) is 6. The van der Waals surface area contributed by atoms with Crippen LogP contribution < -0.4 is 10.1 Å². The van der Waals surface area contributed by atoms with Crippen LogP contribution in [0.4, 0.5) is 0 Å². The summed E-state index contributed by atoms with van der Waals surface area (Å²) in [5.41, 5.74) is 1.67. The van der Waals surface area contributed by atoms with Crippen LogP contribution in [0.25, 0.3) is 22.4 Å². The third kappa shape index (κ3) is 3.11. The number of rotatable bonds is 3. The molecule has 0 saturated heterocycles. The van der Waals surface area contributed by atoms with E-state index in [9.17, 15) is 9.59 Å². The number of fused-ring (bicyclic) bond motifs is 1. The number of methoxy groups -OCH3 is 1. The maximum atomic E-state index is 12.9. The second-order valence-electron chi connectivity index (χ2n) is 5.65. The third-order valence-corrected chi connectivity index (χ3v) is 5.28.